The minimum Gasteiger partial charge on any atom is -0.481 e. The highest BCUT2D eigenvalue weighted by atomic mass is 16.5. The van der Waals surface area contributed by atoms with E-state index in [1.807, 2.05) is 31.2 Å². The number of aliphatic carboxylic acids is 1. The normalized spacial score (nSPS) is 16.0. The zero-order valence-electron chi connectivity index (χ0n) is 18.1. The van der Waals surface area contributed by atoms with Crippen LogP contribution >= 0.6 is 0 Å². The molecule has 2 aromatic rings. The Morgan fingerprint density at radius 3 is 2.22 bits per heavy atom. The maximum atomic E-state index is 12.8. The predicted octanol–water partition coefficient (Wildman–Crippen LogP) is 3.63. The molecule has 0 radical (unpaired) electrons. The Morgan fingerprint density at radius 2 is 1.66 bits per heavy atom. The molecule has 7 heteroatoms. The zero-order valence-corrected chi connectivity index (χ0v) is 18.1. The molecule has 1 aliphatic carbocycles. The van der Waals surface area contributed by atoms with E-state index >= 15 is 0 Å². The van der Waals surface area contributed by atoms with Gasteiger partial charge in [-0.3, -0.25) is 9.59 Å². The highest BCUT2D eigenvalue weighted by Gasteiger charge is 2.36. The van der Waals surface area contributed by atoms with E-state index in [2.05, 4.69) is 29.6 Å². The fourth-order valence-corrected chi connectivity index (χ4v) is 4.67. The smallest absolute Gasteiger partial charge is 0.407 e. The van der Waals surface area contributed by atoms with Crippen LogP contribution in [-0.2, 0) is 14.3 Å². The molecule has 0 bridgehead atoms. The van der Waals surface area contributed by atoms with Crippen LogP contribution in [0.4, 0.5) is 4.79 Å². The van der Waals surface area contributed by atoms with Crippen molar-refractivity contribution in [1.82, 2.24) is 10.2 Å². The Bertz CT molecular complexity index is 969. The second-order valence-corrected chi connectivity index (χ2v) is 8.52. The van der Waals surface area contributed by atoms with Gasteiger partial charge in [0.15, 0.2) is 0 Å². The van der Waals surface area contributed by atoms with Gasteiger partial charge >= 0.3 is 12.1 Å². The van der Waals surface area contributed by atoms with Crippen LogP contribution in [0.25, 0.3) is 11.1 Å². The first-order valence-corrected chi connectivity index (χ1v) is 11.1. The summed E-state index contributed by atoms with van der Waals surface area (Å²) in [6.07, 6.45) is 0.679. The van der Waals surface area contributed by atoms with Crippen LogP contribution in [-0.4, -0.2) is 53.7 Å². The number of fused-ring (bicyclic) bond motifs is 3. The molecule has 1 heterocycles. The maximum Gasteiger partial charge on any atom is 0.407 e. The minimum atomic E-state index is -0.857. The third-order valence-corrected chi connectivity index (χ3v) is 6.24. The van der Waals surface area contributed by atoms with E-state index in [4.69, 9.17) is 9.84 Å². The molecule has 2 amide bonds. The minimum absolute atomic E-state index is 0.0202. The molecular formula is C25H28N2O5. The summed E-state index contributed by atoms with van der Waals surface area (Å²) in [5, 5.41) is 11.6. The number of likely N-dealkylation sites (tertiary alicyclic amines) is 1. The number of carboxylic acids is 1. The molecule has 0 spiro atoms. The number of benzene rings is 2. The topological polar surface area (TPSA) is 95.9 Å². The van der Waals surface area contributed by atoms with Crippen LogP contribution in [0, 0.1) is 5.92 Å². The highest BCUT2D eigenvalue weighted by molar-refractivity contribution is 5.86. The third kappa shape index (κ3) is 4.47. The van der Waals surface area contributed by atoms with Crippen molar-refractivity contribution in [1.29, 1.82) is 0 Å². The Balaban J connectivity index is 1.35. The predicted molar refractivity (Wildman–Crippen MR) is 119 cm³/mol. The van der Waals surface area contributed by atoms with Crippen LogP contribution in [0.1, 0.15) is 43.2 Å². The number of carbonyl (C=O) groups is 3. The van der Waals surface area contributed by atoms with E-state index in [1.54, 1.807) is 4.90 Å². The Kier molecular flexibility index (Phi) is 6.44. The molecule has 7 nitrogen and oxygen atoms in total. The molecule has 0 unspecified atom stereocenters. The second kappa shape index (κ2) is 9.42. The number of nitrogens with one attached hydrogen (secondary N) is 1. The number of rotatable bonds is 8. The van der Waals surface area contributed by atoms with Crippen LogP contribution in [0.2, 0.25) is 0 Å². The summed E-state index contributed by atoms with van der Waals surface area (Å²) in [6.45, 7) is 2.97. The van der Waals surface area contributed by atoms with Crippen LogP contribution in [0.15, 0.2) is 48.5 Å². The maximum absolute atomic E-state index is 12.8. The van der Waals surface area contributed by atoms with E-state index in [0.717, 1.165) is 28.7 Å². The fraction of sp³-hybridized carbons (Fsp3) is 0.400. The monoisotopic (exact) mass is 436 g/mol. The van der Waals surface area contributed by atoms with Gasteiger partial charge in [0.2, 0.25) is 5.91 Å². The molecule has 1 fully saturated rings. The number of hydrogen-bond donors (Lipinski definition) is 2. The summed E-state index contributed by atoms with van der Waals surface area (Å²) in [7, 11) is 0. The van der Waals surface area contributed by atoms with Crippen molar-refractivity contribution in [2.75, 3.05) is 19.7 Å². The fourth-order valence-electron chi connectivity index (χ4n) is 4.67. The molecule has 1 aliphatic heterocycles. The van der Waals surface area contributed by atoms with E-state index in [9.17, 15) is 14.4 Å². The molecule has 2 N–H and O–H groups in total. The molecule has 168 valence electrons. The average molecular weight is 437 g/mol. The van der Waals surface area contributed by atoms with Crippen LogP contribution in [0.3, 0.4) is 0 Å². The molecule has 0 saturated carbocycles. The summed E-state index contributed by atoms with van der Waals surface area (Å²) < 4.78 is 5.57. The lowest BCUT2D eigenvalue weighted by atomic mass is 9.95. The number of ether oxygens (including phenoxy) is 1. The van der Waals surface area contributed by atoms with Crippen molar-refractivity contribution in [3.05, 3.63) is 59.7 Å². The molecule has 2 aromatic carbocycles. The lowest BCUT2D eigenvalue weighted by Crippen LogP contribution is -2.57. The van der Waals surface area contributed by atoms with Crippen molar-refractivity contribution in [3.63, 3.8) is 0 Å². The van der Waals surface area contributed by atoms with Crippen molar-refractivity contribution in [2.24, 2.45) is 5.92 Å². The molecule has 4 rings (SSSR count). The number of nitrogens with zero attached hydrogens (tertiary/aromatic N) is 1. The van der Waals surface area contributed by atoms with Crippen molar-refractivity contribution >= 4 is 18.0 Å². The van der Waals surface area contributed by atoms with Crippen molar-refractivity contribution in [3.8, 4) is 11.1 Å². The molecular weight excluding hydrogens is 408 g/mol. The van der Waals surface area contributed by atoms with E-state index in [-0.39, 0.29) is 30.8 Å². The van der Waals surface area contributed by atoms with Gasteiger partial charge in [-0.05, 0) is 28.7 Å². The second-order valence-electron chi connectivity index (χ2n) is 8.52. The standard InChI is InChI=1S/C25H28N2O5/c1-2-7-22(24(30)27-13-16(14-27)12-23(28)29)26-25(31)32-15-21-19-10-5-3-8-17(19)18-9-4-6-11-20(18)21/h3-6,8-11,16,21-22H,2,7,12-15H2,1H3,(H,26,31)(H,28,29)/t22-/m0/s1. The quantitative estimate of drug-likeness (QED) is 0.659. The van der Waals surface area contributed by atoms with E-state index < -0.39 is 18.1 Å². The SMILES string of the molecule is CCC[C@H](NC(=O)OCC1c2ccccc2-c2ccccc21)C(=O)N1CC(CC(=O)O)C1. The third-order valence-electron chi connectivity index (χ3n) is 6.24. The summed E-state index contributed by atoms with van der Waals surface area (Å²) >= 11 is 0. The summed E-state index contributed by atoms with van der Waals surface area (Å²) in [5.41, 5.74) is 4.58. The number of hydrogen-bond acceptors (Lipinski definition) is 4. The molecule has 32 heavy (non-hydrogen) atoms. The van der Waals surface area contributed by atoms with E-state index in [1.165, 1.54) is 0 Å². The summed E-state index contributed by atoms with van der Waals surface area (Å²) in [6, 6.07) is 15.6. The average Bonchev–Trinajstić information content (AvgIpc) is 3.07. The largest absolute Gasteiger partial charge is 0.481 e. The highest BCUT2D eigenvalue weighted by Crippen LogP contribution is 2.44. The lowest BCUT2D eigenvalue weighted by molar-refractivity contribution is -0.146. The van der Waals surface area contributed by atoms with Crippen LogP contribution < -0.4 is 5.32 Å². The zero-order chi connectivity index (χ0) is 22.7. The van der Waals surface area contributed by atoms with E-state index in [0.29, 0.717) is 19.5 Å². The number of carbonyl (C=O) groups excluding carboxylic acids is 2. The van der Waals surface area contributed by atoms with Gasteiger partial charge in [0, 0.05) is 24.9 Å². The molecule has 1 atom stereocenters. The van der Waals surface area contributed by atoms with Crippen molar-refractivity contribution in [2.45, 2.75) is 38.1 Å². The van der Waals surface area contributed by atoms with Crippen molar-refractivity contribution < 1.29 is 24.2 Å². The first kappa shape index (κ1) is 21.9. The number of carboxylic acid groups (broad SMARTS) is 1. The van der Waals surface area contributed by atoms with Gasteiger partial charge in [0.05, 0.1) is 6.42 Å². The first-order chi connectivity index (χ1) is 15.5. The van der Waals surface area contributed by atoms with Gasteiger partial charge < -0.3 is 20.1 Å². The molecule has 0 aromatic heterocycles. The van der Waals surface area contributed by atoms with Gasteiger partial charge in [0.1, 0.15) is 12.6 Å². The van der Waals surface area contributed by atoms with Gasteiger partial charge in [-0.15, -0.1) is 0 Å². The van der Waals surface area contributed by atoms with Gasteiger partial charge in [-0.25, -0.2) is 4.79 Å². The van der Waals surface area contributed by atoms with Crippen LogP contribution in [0.5, 0.6) is 0 Å². The number of alkyl carbamates (subject to hydrolysis) is 1. The Hall–Kier alpha value is -3.35. The summed E-state index contributed by atoms with van der Waals surface area (Å²) in [5.74, 6) is -1.10. The lowest BCUT2D eigenvalue weighted by Gasteiger charge is -2.40. The Labute approximate surface area is 187 Å². The van der Waals surface area contributed by atoms with Gasteiger partial charge in [-0.1, -0.05) is 61.9 Å². The first-order valence-electron chi connectivity index (χ1n) is 11.1. The molecule has 1 saturated heterocycles. The number of amides is 2. The summed E-state index contributed by atoms with van der Waals surface area (Å²) in [4.78, 5) is 37.8. The molecule has 2 aliphatic rings. The van der Waals surface area contributed by atoms with Gasteiger partial charge in [0.25, 0.3) is 0 Å². The van der Waals surface area contributed by atoms with Gasteiger partial charge in [-0.2, -0.15) is 0 Å². The Morgan fingerprint density at radius 1 is 1.06 bits per heavy atom.